The fraction of sp³-hybridized carbons (Fsp3) is 0.857. The van der Waals surface area contributed by atoms with Gasteiger partial charge in [-0.2, -0.15) is 8.42 Å². The second-order valence-corrected chi connectivity index (χ2v) is 5.14. The van der Waals surface area contributed by atoms with Gasteiger partial charge in [-0.15, -0.1) is 0 Å². The van der Waals surface area contributed by atoms with Crippen LogP contribution in [0.5, 0.6) is 0 Å². The molecule has 1 amide bonds. The van der Waals surface area contributed by atoms with Crippen LogP contribution in [0.1, 0.15) is 12.8 Å². The van der Waals surface area contributed by atoms with Crippen LogP contribution in [0.3, 0.4) is 0 Å². The molecule has 0 aliphatic carbocycles. The summed E-state index contributed by atoms with van der Waals surface area (Å²) in [6.07, 6.45) is 1.84. The van der Waals surface area contributed by atoms with Crippen LogP contribution in [0.4, 0.5) is 0 Å². The fourth-order valence-corrected chi connectivity index (χ4v) is 1.75. The predicted molar refractivity (Wildman–Crippen MR) is 50.0 cm³/mol. The van der Waals surface area contributed by atoms with Crippen LogP contribution in [0.2, 0.25) is 0 Å². The van der Waals surface area contributed by atoms with Crippen molar-refractivity contribution in [3.8, 4) is 0 Å². The molecule has 0 radical (unpaired) electrons. The molecule has 1 aliphatic rings. The molecule has 1 fully saturated rings. The second-order valence-electron chi connectivity index (χ2n) is 3.50. The Labute approximate surface area is 82.9 Å². The fourth-order valence-electron chi connectivity index (χ4n) is 1.31. The number of amides is 1. The zero-order chi connectivity index (χ0) is 10.8. The minimum Gasteiger partial charge on any atom is -0.347 e. The average Bonchev–Trinajstić information content (AvgIpc) is 2.44. The maximum atomic E-state index is 11.0. The Bertz CT molecular complexity index is 327. The summed E-state index contributed by atoms with van der Waals surface area (Å²) in [6.45, 7) is 0.0856. The largest absolute Gasteiger partial charge is 0.347 e. The smallest absolute Gasteiger partial charge is 0.264 e. The summed E-state index contributed by atoms with van der Waals surface area (Å²) in [5.41, 5.74) is 4.76. The highest BCUT2D eigenvalue weighted by atomic mass is 32.2. The van der Waals surface area contributed by atoms with Gasteiger partial charge in [-0.3, -0.25) is 8.98 Å². The summed E-state index contributed by atoms with van der Waals surface area (Å²) in [5, 5.41) is 2.64. The van der Waals surface area contributed by atoms with E-state index >= 15 is 0 Å². The van der Waals surface area contributed by atoms with Crippen molar-refractivity contribution in [2.75, 3.05) is 19.4 Å². The van der Waals surface area contributed by atoms with Crippen LogP contribution in [0.25, 0.3) is 0 Å². The third kappa shape index (κ3) is 2.93. The van der Waals surface area contributed by atoms with Crippen LogP contribution in [-0.4, -0.2) is 39.3 Å². The second kappa shape index (κ2) is 3.84. The van der Waals surface area contributed by atoms with Crippen molar-refractivity contribution >= 4 is 16.0 Å². The van der Waals surface area contributed by atoms with Crippen LogP contribution in [0.15, 0.2) is 0 Å². The summed E-state index contributed by atoms with van der Waals surface area (Å²) in [5.74, 6) is -0.118. The molecule has 1 atom stereocenters. The van der Waals surface area contributed by atoms with Crippen molar-refractivity contribution in [3.05, 3.63) is 0 Å². The van der Waals surface area contributed by atoms with Gasteiger partial charge in [0.15, 0.2) is 0 Å². The molecule has 14 heavy (non-hydrogen) atoms. The Kier molecular flexibility index (Phi) is 3.13. The zero-order valence-corrected chi connectivity index (χ0v) is 8.76. The van der Waals surface area contributed by atoms with Gasteiger partial charge >= 0.3 is 0 Å². The molecule has 7 heteroatoms. The van der Waals surface area contributed by atoms with E-state index in [2.05, 4.69) is 9.50 Å². The van der Waals surface area contributed by atoms with Gasteiger partial charge in [-0.25, -0.2) is 0 Å². The number of hydrogen-bond donors (Lipinski definition) is 2. The molecule has 0 saturated carbocycles. The lowest BCUT2D eigenvalue weighted by Gasteiger charge is -2.26. The van der Waals surface area contributed by atoms with E-state index in [1.54, 1.807) is 0 Å². The molecule has 1 unspecified atom stereocenters. The molecule has 0 spiro atoms. The number of hydrogen-bond acceptors (Lipinski definition) is 5. The van der Waals surface area contributed by atoms with Crippen LogP contribution in [0, 0.1) is 0 Å². The number of nitrogens with one attached hydrogen (secondary N) is 1. The van der Waals surface area contributed by atoms with Crippen molar-refractivity contribution in [2.45, 2.75) is 18.4 Å². The van der Waals surface area contributed by atoms with Crippen molar-refractivity contribution in [1.29, 1.82) is 0 Å². The highest BCUT2D eigenvalue weighted by molar-refractivity contribution is 7.85. The summed E-state index contributed by atoms with van der Waals surface area (Å²) in [4.78, 5) is 11.0. The lowest BCUT2D eigenvalue weighted by atomic mass is 9.99. The molecule has 1 heterocycles. The number of carbonyl (C=O) groups is 1. The third-order valence-corrected chi connectivity index (χ3v) is 2.72. The molecule has 0 aromatic heterocycles. The van der Waals surface area contributed by atoms with E-state index in [4.69, 9.17) is 5.73 Å². The number of rotatable bonds is 4. The van der Waals surface area contributed by atoms with Crippen molar-refractivity contribution < 1.29 is 17.4 Å². The lowest BCUT2D eigenvalue weighted by Crippen LogP contribution is -2.52. The van der Waals surface area contributed by atoms with Crippen molar-refractivity contribution in [3.63, 3.8) is 0 Å². The van der Waals surface area contributed by atoms with E-state index in [1.165, 1.54) is 0 Å². The molecule has 3 N–H and O–H groups in total. The first-order valence-electron chi connectivity index (χ1n) is 4.22. The molecule has 1 rings (SSSR count). The van der Waals surface area contributed by atoms with Crippen molar-refractivity contribution in [2.24, 2.45) is 5.73 Å². The monoisotopic (exact) mass is 222 g/mol. The van der Waals surface area contributed by atoms with Gasteiger partial charge in [-0.05, 0) is 6.42 Å². The Morgan fingerprint density at radius 2 is 2.29 bits per heavy atom. The Hall–Kier alpha value is -0.660. The average molecular weight is 222 g/mol. The maximum absolute atomic E-state index is 11.0. The zero-order valence-electron chi connectivity index (χ0n) is 7.95. The topological polar surface area (TPSA) is 98.5 Å². The van der Waals surface area contributed by atoms with Crippen LogP contribution < -0.4 is 11.1 Å². The van der Waals surface area contributed by atoms with Gasteiger partial charge in [-0.1, -0.05) is 0 Å². The van der Waals surface area contributed by atoms with E-state index < -0.39 is 15.7 Å². The minimum absolute atomic E-state index is 0.0892. The minimum atomic E-state index is -3.48. The first kappa shape index (κ1) is 11.4. The van der Waals surface area contributed by atoms with Gasteiger partial charge in [0, 0.05) is 13.0 Å². The van der Waals surface area contributed by atoms with Gasteiger partial charge < -0.3 is 11.1 Å². The molecule has 0 aromatic rings. The standard InChI is InChI=1S/C7H14N2O4S/c1-14(11,12)13-5-7(4-8)3-2-6(10)9-7/h2-5,8H2,1H3,(H,9,10). The first-order chi connectivity index (χ1) is 6.37. The van der Waals surface area contributed by atoms with E-state index in [9.17, 15) is 13.2 Å². The van der Waals surface area contributed by atoms with Gasteiger partial charge in [0.05, 0.1) is 18.4 Å². The summed E-state index contributed by atoms with van der Waals surface area (Å²) >= 11 is 0. The van der Waals surface area contributed by atoms with Gasteiger partial charge in [0.25, 0.3) is 10.1 Å². The Balaban J connectivity index is 2.59. The lowest BCUT2D eigenvalue weighted by molar-refractivity contribution is -0.119. The molecular formula is C7H14N2O4S. The first-order valence-corrected chi connectivity index (χ1v) is 6.04. The van der Waals surface area contributed by atoms with Gasteiger partial charge in [0.1, 0.15) is 0 Å². The molecule has 6 nitrogen and oxygen atoms in total. The van der Waals surface area contributed by atoms with E-state index in [1.807, 2.05) is 0 Å². The molecular weight excluding hydrogens is 208 g/mol. The maximum Gasteiger partial charge on any atom is 0.264 e. The molecule has 1 aliphatic heterocycles. The number of nitrogens with two attached hydrogens (primary N) is 1. The van der Waals surface area contributed by atoms with E-state index in [0.717, 1.165) is 6.26 Å². The van der Waals surface area contributed by atoms with Gasteiger partial charge in [0.2, 0.25) is 5.91 Å². The Morgan fingerprint density at radius 1 is 1.64 bits per heavy atom. The SMILES string of the molecule is CS(=O)(=O)OCC1(CN)CCC(=O)N1. The third-order valence-electron chi connectivity index (χ3n) is 2.18. The number of carbonyl (C=O) groups excluding carboxylic acids is 1. The van der Waals surface area contributed by atoms with Crippen LogP contribution in [-0.2, 0) is 19.1 Å². The summed E-state index contributed by atoms with van der Waals surface area (Å²) in [7, 11) is -3.48. The summed E-state index contributed by atoms with van der Waals surface area (Å²) in [6, 6.07) is 0. The van der Waals surface area contributed by atoms with Crippen molar-refractivity contribution in [1.82, 2.24) is 5.32 Å². The van der Waals surface area contributed by atoms with Crippen LogP contribution >= 0.6 is 0 Å². The highest BCUT2D eigenvalue weighted by Crippen LogP contribution is 2.19. The quantitative estimate of drug-likeness (QED) is 0.568. The molecule has 82 valence electrons. The highest BCUT2D eigenvalue weighted by Gasteiger charge is 2.37. The molecule has 1 saturated heterocycles. The molecule has 0 aromatic carbocycles. The van der Waals surface area contributed by atoms with E-state index in [0.29, 0.717) is 12.8 Å². The molecule has 0 bridgehead atoms. The Morgan fingerprint density at radius 3 is 2.64 bits per heavy atom. The summed E-state index contributed by atoms with van der Waals surface area (Å²) < 4.78 is 26.1. The normalized spacial score (nSPS) is 27.7. The predicted octanol–water partition coefficient (Wildman–Crippen LogP) is -1.43. The van der Waals surface area contributed by atoms with E-state index in [-0.39, 0.29) is 19.1 Å².